The van der Waals surface area contributed by atoms with Crippen LogP contribution in [0.1, 0.15) is 51.7 Å². The molecule has 0 amide bonds. The molecule has 0 spiro atoms. The summed E-state index contributed by atoms with van der Waals surface area (Å²) in [5.74, 6) is 0.750. The minimum absolute atomic E-state index is 0.750. The highest BCUT2D eigenvalue weighted by molar-refractivity contribution is 5.54. The van der Waals surface area contributed by atoms with Crippen molar-refractivity contribution in [1.29, 1.82) is 0 Å². The summed E-state index contributed by atoms with van der Waals surface area (Å²) in [6.07, 6.45) is 2.43. The maximum atomic E-state index is 3.47. The predicted molar refractivity (Wildman–Crippen MR) is 90.5 cm³/mol. The van der Waals surface area contributed by atoms with Crippen LogP contribution in [0.5, 0.6) is 0 Å². The van der Waals surface area contributed by atoms with Crippen molar-refractivity contribution in [2.45, 2.75) is 54.0 Å². The fourth-order valence-corrected chi connectivity index (χ4v) is 2.49. The average Bonchev–Trinajstić information content (AvgIpc) is 2.45. The van der Waals surface area contributed by atoms with Gasteiger partial charge in [-0.2, -0.15) is 0 Å². The van der Waals surface area contributed by atoms with E-state index in [1.54, 1.807) is 0 Å². The van der Waals surface area contributed by atoms with Crippen LogP contribution in [0.15, 0.2) is 18.2 Å². The van der Waals surface area contributed by atoms with E-state index in [4.69, 9.17) is 0 Å². The van der Waals surface area contributed by atoms with Gasteiger partial charge in [0.2, 0.25) is 0 Å². The van der Waals surface area contributed by atoms with E-state index in [-0.39, 0.29) is 0 Å². The molecule has 0 fully saturated rings. The summed E-state index contributed by atoms with van der Waals surface area (Å²) in [4.78, 5) is 2.51. The van der Waals surface area contributed by atoms with Crippen LogP contribution in [0.3, 0.4) is 0 Å². The summed E-state index contributed by atoms with van der Waals surface area (Å²) in [6, 6.07) is 6.89. The minimum Gasteiger partial charge on any atom is -0.371 e. The molecule has 1 unspecified atom stereocenters. The normalized spacial score (nSPS) is 12.4. The van der Waals surface area contributed by atoms with Crippen LogP contribution in [0.25, 0.3) is 0 Å². The van der Waals surface area contributed by atoms with E-state index in [0.717, 1.165) is 32.1 Å². The molecule has 0 aromatic heterocycles. The van der Waals surface area contributed by atoms with Crippen molar-refractivity contribution < 1.29 is 0 Å². The van der Waals surface area contributed by atoms with E-state index in [0.29, 0.717) is 0 Å². The Morgan fingerprint density at radius 2 is 1.95 bits per heavy atom. The SMILES string of the molecule is CCCNCc1ccc(N(CC)CC(C)CC)c(C)c1. The topological polar surface area (TPSA) is 15.3 Å². The molecule has 1 aromatic carbocycles. The molecule has 2 heteroatoms. The van der Waals surface area contributed by atoms with Crippen molar-refractivity contribution in [3.05, 3.63) is 29.3 Å². The van der Waals surface area contributed by atoms with Gasteiger partial charge in [0.1, 0.15) is 0 Å². The van der Waals surface area contributed by atoms with Gasteiger partial charge in [0.15, 0.2) is 0 Å². The van der Waals surface area contributed by atoms with Crippen molar-refractivity contribution in [2.24, 2.45) is 5.92 Å². The average molecular weight is 276 g/mol. The molecular formula is C18H32N2. The lowest BCUT2D eigenvalue weighted by molar-refractivity contribution is 0.547. The zero-order chi connectivity index (χ0) is 15.0. The maximum absolute atomic E-state index is 3.47. The van der Waals surface area contributed by atoms with Crippen LogP contribution >= 0.6 is 0 Å². The van der Waals surface area contributed by atoms with Crippen LogP contribution in [0.2, 0.25) is 0 Å². The number of rotatable bonds is 9. The quantitative estimate of drug-likeness (QED) is 0.674. The molecule has 0 aliphatic heterocycles. The molecule has 0 saturated carbocycles. The van der Waals surface area contributed by atoms with Crippen LogP contribution in [-0.4, -0.2) is 19.6 Å². The van der Waals surface area contributed by atoms with Gasteiger partial charge in [0.25, 0.3) is 0 Å². The molecule has 1 N–H and O–H groups in total. The Bertz CT molecular complexity index is 387. The molecule has 0 radical (unpaired) electrons. The smallest absolute Gasteiger partial charge is 0.0396 e. The standard InChI is InChI=1S/C18H32N2/c1-6-11-19-13-17-9-10-18(16(5)12-17)20(8-3)14-15(4)7-2/h9-10,12,15,19H,6-8,11,13-14H2,1-5H3. The Morgan fingerprint density at radius 3 is 2.50 bits per heavy atom. The molecule has 114 valence electrons. The number of hydrogen-bond donors (Lipinski definition) is 1. The van der Waals surface area contributed by atoms with E-state index in [1.807, 2.05) is 0 Å². The van der Waals surface area contributed by atoms with Gasteiger partial charge in [-0.25, -0.2) is 0 Å². The first-order chi connectivity index (χ1) is 9.62. The van der Waals surface area contributed by atoms with Crippen LogP contribution < -0.4 is 10.2 Å². The lowest BCUT2D eigenvalue weighted by Gasteiger charge is -2.28. The lowest BCUT2D eigenvalue weighted by atomic mass is 10.1. The van der Waals surface area contributed by atoms with E-state index >= 15 is 0 Å². The van der Waals surface area contributed by atoms with Gasteiger partial charge in [-0.3, -0.25) is 0 Å². The summed E-state index contributed by atoms with van der Waals surface area (Å²) >= 11 is 0. The van der Waals surface area contributed by atoms with Crippen LogP contribution in [-0.2, 0) is 6.54 Å². The summed E-state index contributed by atoms with van der Waals surface area (Å²) in [6.45, 7) is 15.6. The number of nitrogens with one attached hydrogen (secondary N) is 1. The van der Waals surface area contributed by atoms with Crippen molar-refractivity contribution in [3.63, 3.8) is 0 Å². The Labute approximate surface area is 125 Å². The molecule has 2 nitrogen and oxygen atoms in total. The first kappa shape index (κ1) is 17.0. The van der Waals surface area contributed by atoms with Crippen molar-refractivity contribution in [3.8, 4) is 0 Å². The first-order valence-electron chi connectivity index (χ1n) is 8.17. The van der Waals surface area contributed by atoms with E-state index in [2.05, 4.69) is 63.0 Å². The minimum atomic E-state index is 0.750. The second-order valence-electron chi connectivity index (χ2n) is 5.85. The number of hydrogen-bond acceptors (Lipinski definition) is 2. The third-order valence-corrected chi connectivity index (χ3v) is 3.97. The summed E-state index contributed by atoms with van der Waals surface area (Å²) in [5.41, 5.74) is 4.18. The van der Waals surface area contributed by atoms with Crippen molar-refractivity contribution in [1.82, 2.24) is 5.32 Å². The molecule has 0 heterocycles. The van der Waals surface area contributed by atoms with Gasteiger partial charge >= 0.3 is 0 Å². The fourth-order valence-electron chi connectivity index (χ4n) is 2.49. The summed E-state index contributed by atoms with van der Waals surface area (Å²) < 4.78 is 0. The zero-order valence-corrected chi connectivity index (χ0v) is 14.0. The lowest BCUT2D eigenvalue weighted by Crippen LogP contribution is -2.28. The Morgan fingerprint density at radius 1 is 1.20 bits per heavy atom. The van der Waals surface area contributed by atoms with Gasteiger partial charge in [-0.15, -0.1) is 0 Å². The summed E-state index contributed by atoms with van der Waals surface area (Å²) in [7, 11) is 0. The second kappa shape index (κ2) is 9.02. The molecule has 0 aliphatic rings. The highest BCUT2D eigenvalue weighted by Crippen LogP contribution is 2.22. The molecule has 0 bridgehead atoms. The highest BCUT2D eigenvalue weighted by atomic mass is 15.1. The zero-order valence-electron chi connectivity index (χ0n) is 14.0. The molecule has 20 heavy (non-hydrogen) atoms. The van der Waals surface area contributed by atoms with Gasteiger partial charge in [0, 0.05) is 25.3 Å². The highest BCUT2D eigenvalue weighted by Gasteiger charge is 2.10. The van der Waals surface area contributed by atoms with E-state index in [1.165, 1.54) is 29.7 Å². The monoisotopic (exact) mass is 276 g/mol. The van der Waals surface area contributed by atoms with Crippen LogP contribution in [0.4, 0.5) is 5.69 Å². The molecule has 0 saturated heterocycles. The Balaban J connectivity index is 2.74. The number of aryl methyl sites for hydroxylation is 1. The fraction of sp³-hybridized carbons (Fsp3) is 0.667. The third-order valence-electron chi connectivity index (χ3n) is 3.97. The largest absolute Gasteiger partial charge is 0.371 e. The first-order valence-corrected chi connectivity index (χ1v) is 8.17. The number of benzene rings is 1. The molecule has 1 atom stereocenters. The van der Waals surface area contributed by atoms with E-state index < -0.39 is 0 Å². The maximum Gasteiger partial charge on any atom is 0.0396 e. The van der Waals surface area contributed by atoms with Crippen LogP contribution in [0, 0.1) is 12.8 Å². The second-order valence-corrected chi connectivity index (χ2v) is 5.85. The number of anilines is 1. The van der Waals surface area contributed by atoms with Crippen molar-refractivity contribution in [2.75, 3.05) is 24.5 Å². The predicted octanol–water partition coefficient (Wildman–Crippen LogP) is 4.37. The molecular weight excluding hydrogens is 244 g/mol. The molecule has 0 aliphatic carbocycles. The van der Waals surface area contributed by atoms with Gasteiger partial charge in [0.05, 0.1) is 0 Å². The van der Waals surface area contributed by atoms with Gasteiger partial charge in [-0.1, -0.05) is 39.3 Å². The van der Waals surface area contributed by atoms with E-state index in [9.17, 15) is 0 Å². The molecule has 1 aromatic rings. The number of nitrogens with zero attached hydrogens (tertiary/aromatic N) is 1. The Kier molecular flexibility index (Phi) is 7.68. The summed E-state index contributed by atoms with van der Waals surface area (Å²) in [5, 5.41) is 3.47. The Hall–Kier alpha value is -1.02. The third kappa shape index (κ3) is 5.16. The van der Waals surface area contributed by atoms with Gasteiger partial charge < -0.3 is 10.2 Å². The molecule has 1 rings (SSSR count). The van der Waals surface area contributed by atoms with Gasteiger partial charge in [-0.05, 0) is 49.9 Å². The van der Waals surface area contributed by atoms with Crippen molar-refractivity contribution >= 4 is 5.69 Å².